The third kappa shape index (κ3) is 3.97. The van der Waals surface area contributed by atoms with E-state index in [0.29, 0.717) is 27.2 Å². The molecule has 29 heavy (non-hydrogen) atoms. The third-order valence-electron chi connectivity index (χ3n) is 4.40. The van der Waals surface area contributed by atoms with Crippen LogP contribution < -0.4 is 14.8 Å². The number of hydrogen-bond acceptors (Lipinski definition) is 5. The molecule has 1 heterocycles. The Kier molecular flexibility index (Phi) is 5.51. The summed E-state index contributed by atoms with van der Waals surface area (Å²) in [6.45, 7) is 0. The van der Waals surface area contributed by atoms with E-state index in [4.69, 9.17) is 14.5 Å². The Morgan fingerprint density at radius 1 is 1.00 bits per heavy atom. The number of hydrogen-bond donors (Lipinski definition) is 1. The Morgan fingerprint density at radius 3 is 2.48 bits per heavy atom. The first-order valence-electron chi connectivity index (χ1n) is 8.78. The molecule has 0 saturated carbocycles. The predicted octanol–water partition coefficient (Wildman–Crippen LogP) is 6.00. The lowest BCUT2D eigenvalue weighted by molar-refractivity contribution is 0.102. The van der Waals surface area contributed by atoms with Crippen molar-refractivity contribution in [2.45, 2.75) is 0 Å². The van der Waals surface area contributed by atoms with E-state index < -0.39 is 0 Å². The molecule has 4 rings (SSSR count). The maximum absolute atomic E-state index is 12.8. The van der Waals surface area contributed by atoms with Crippen molar-refractivity contribution in [3.63, 3.8) is 0 Å². The van der Waals surface area contributed by atoms with E-state index >= 15 is 0 Å². The molecule has 0 unspecified atom stereocenters. The number of carbonyl (C=O) groups excluding carboxylic acids is 1. The van der Waals surface area contributed by atoms with E-state index in [1.165, 1.54) is 0 Å². The van der Waals surface area contributed by atoms with Crippen LogP contribution in [0.3, 0.4) is 0 Å². The maximum Gasteiger partial charge on any atom is 0.255 e. The smallest absolute Gasteiger partial charge is 0.255 e. The molecule has 0 aliphatic rings. The lowest BCUT2D eigenvalue weighted by atomic mass is 10.1. The van der Waals surface area contributed by atoms with Gasteiger partial charge in [0.1, 0.15) is 16.5 Å². The number of aromatic nitrogens is 1. The van der Waals surface area contributed by atoms with Gasteiger partial charge in [0, 0.05) is 11.1 Å². The van der Waals surface area contributed by atoms with Crippen LogP contribution >= 0.6 is 27.3 Å². The standard InChI is InChI=1S/C22H17BrN2O3S/c1-27-18-9-7-13(11-15(18)23)21(26)24-17-12-14(8-10-19(17)28-2)22-25-16-5-3-4-6-20(16)29-22/h3-12H,1-2H3,(H,24,26). The third-order valence-corrected chi connectivity index (χ3v) is 6.11. The highest BCUT2D eigenvalue weighted by Crippen LogP contribution is 2.35. The van der Waals surface area contributed by atoms with Gasteiger partial charge in [0.25, 0.3) is 5.91 Å². The van der Waals surface area contributed by atoms with Gasteiger partial charge in [0.2, 0.25) is 0 Å². The van der Waals surface area contributed by atoms with Gasteiger partial charge in [-0.05, 0) is 64.5 Å². The van der Waals surface area contributed by atoms with Crippen molar-refractivity contribution in [1.29, 1.82) is 0 Å². The average molecular weight is 469 g/mol. The normalized spacial score (nSPS) is 10.7. The summed E-state index contributed by atoms with van der Waals surface area (Å²) in [4.78, 5) is 17.5. The van der Waals surface area contributed by atoms with Gasteiger partial charge in [-0.2, -0.15) is 0 Å². The highest BCUT2D eigenvalue weighted by molar-refractivity contribution is 9.10. The molecule has 1 N–H and O–H groups in total. The molecule has 0 fully saturated rings. The second-order valence-electron chi connectivity index (χ2n) is 6.21. The number of benzene rings is 3. The molecule has 3 aromatic carbocycles. The molecular formula is C22H17BrN2O3S. The fraction of sp³-hybridized carbons (Fsp3) is 0.0909. The van der Waals surface area contributed by atoms with Crippen LogP contribution in [0.5, 0.6) is 11.5 Å². The number of para-hydroxylation sites is 1. The number of carbonyl (C=O) groups is 1. The lowest BCUT2D eigenvalue weighted by Crippen LogP contribution is -2.12. The predicted molar refractivity (Wildman–Crippen MR) is 120 cm³/mol. The molecule has 1 aromatic heterocycles. The van der Waals surface area contributed by atoms with E-state index in [1.807, 2.05) is 42.5 Å². The summed E-state index contributed by atoms with van der Waals surface area (Å²) in [7, 11) is 3.16. The molecule has 0 radical (unpaired) electrons. The molecule has 5 nitrogen and oxygen atoms in total. The fourth-order valence-corrected chi connectivity index (χ4v) is 4.44. The number of anilines is 1. The summed E-state index contributed by atoms with van der Waals surface area (Å²) < 4.78 is 12.5. The average Bonchev–Trinajstić information content (AvgIpc) is 3.18. The van der Waals surface area contributed by atoms with Crippen molar-refractivity contribution < 1.29 is 14.3 Å². The zero-order chi connectivity index (χ0) is 20.4. The molecular weight excluding hydrogens is 452 g/mol. The Labute approximate surface area is 180 Å². The van der Waals surface area contributed by atoms with Crippen LogP contribution in [0, 0.1) is 0 Å². The minimum absolute atomic E-state index is 0.242. The Hall–Kier alpha value is -2.90. The molecule has 4 aromatic rings. The Bertz CT molecular complexity index is 1170. The number of nitrogens with zero attached hydrogens (tertiary/aromatic N) is 1. The number of fused-ring (bicyclic) bond motifs is 1. The number of rotatable bonds is 5. The number of nitrogens with one attached hydrogen (secondary N) is 1. The molecule has 0 saturated heterocycles. The van der Waals surface area contributed by atoms with Gasteiger partial charge in [-0.25, -0.2) is 4.98 Å². The zero-order valence-electron chi connectivity index (χ0n) is 15.7. The highest BCUT2D eigenvalue weighted by atomic mass is 79.9. The SMILES string of the molecule is COc1ccc(C(=O)Nc2cc(-c3nc4ccccc4s3)ccc2OC)cc1Br. The van der Waals surface area contributed by atoms with Gasteiger partial charge >= 0.3 is 0 Å². The Balaban J connectivity index is 1.66. The fourth-order valence-electron chi connectivity index (χ4n) is 2.94. The van der Waals surface area contributed by atoms with Gasteiger partial charge in [-0.15, -0.1) is 11.3 Å². The van der Waals surface area contributed by atoms with Crippen molar-refractivity contribution in [2.24, 2.45) is 0 Å². The molecule has 7 heteroatoms. The lowest BCUT2D eigenvalue weighted by Gasteiger charge is -2.12. The van der Waals surface area contributed by atoms with Crippen molar-refractivity contribution in [2.75, 3.05) is 19.5 Å². The first kappa shape index (κ1) is 19.4. The zero-order valence-corrected chi connectivity index (χ0v) is 18.1. The van der Waals surface area contributed by atoms with Gasteiger partial charge in [-0.3, -0.25) is 4.79 Å². The topological polar surface area (TPSA) is 60.5 Å². The molecule has 0 atom stereocenters. The van der Waals surface area contributed by atoms with Gasteiger partial charge in [-0.1, -0.05) is 12.1 Å². The number of ether oxygens (including phenoxy) is 2. The van der Waals surface area contributed by atoms with E-state index in [0.717, 1.165) is 20.8 Å². The number of thiazole rings is 1. The quantitative estimate of drug-likeness (QED) is 0.390. The first-order valence-corrected chi connectivity index (χ1v) is 10.4. The minimum Gasteiger partial charge on any atom is -0.496 e. The van der Waals surface area contributed by atoms with Crippen molar-refractivity contribution >= 4 is 49.1 Å². The van der Waals surface area contributed by atoms with Crippen molar-refractivity contribution in [1.82, 2.24) is 4.98 Å². The van der Waals surface area contributed by atoms with Crippen LogP contribution in [0.2, 0.25) is 0 Å². The minimum atomic E-state index is -0.242. The van der Waals surface area contributed by atoms with Gasteiger partial charge < -0.3 is 14.8 Å². The summed E-state index contributed by atoms with van der Waals surface area (Å²) in [5, 5.41) is 3.82. The van der Waals surface area contributed by atoms with E-state index in [9.17, 15) is 4.79 Å². The summed E-state index contributed by atoms with van der Waals surface area (Å²) in [5.41, 5.74) is 2.96. The van der Waals surface area contributed by atoms with Crippen LogP contribution in [-0.2, 0) is 0 Å². The van der Waals surface area contributed by atoms with Gasteiger partial charge in [0.05, 0.1) is 34.6 Å². The number of amides is 1. The molecule has 0 bridgehead atoms. The summed E-state index contributed by atoms with van der Waals surface area (Å²) in [6.07, 6.45) is 0. The van der Waals surface area contributed by atoms with Gasteiger partial charge in [0.15, 0.2) is 0 Å². The molecule has 0 spiro atoms. The van der Waals surface area contributed by atoms with Crippen molar-refractivity contribution in [3.05, 3.63) is 70.7 Å². The summed E-state index contributed by atoms with van der Waals surface area (Å²) in [5.74, 6) is 1.00. The van der Waals surface area contributed by atoms with Crippen LogP contribution in [0.25, 0.3) is 20.8 Å². The Morgan fingerprint density at radius 2 is 1.76 bits per heavy atom. The second-order valence-corrected chi connectivity index (χ2v) is 8.09. The summed E-state index contributed by atoms with van der Waals surface area (Å²) in [6, 6.07) is 18.8. The van der Waals surface area contributed by atoms with Crippen LogP contribution in [0.1, 0.15) is 10.4 Å². The monoisotopic (exact) mass is 468 g/mol. The van der Waals surface area contributed by atoms with Crippen LogP contribution in [0.4, 0.5) is 5.69 Å². The molecule has 0 aliphatic carbocycles. The van der Waals surface area contributed by atoms with E-state index in [1.54, 1.807) is 43.8 Å². The number of halogens is 1. The van der Waals surface area contributed by atoms with Crippen molar-refractivity contribution in [3.8, 4) is 22.1 Å². The van der Waals surface area contributed by atoms with E-state index in [2.05, 4.69) is 21.2 Å². The molecule has 0 aliphatic heterocycles. The number of methoxy groups -OCH3 is 2. The first-order chi connectivity index (χ1) is 14.1. The maximum atomic E-state index is 12.8. The van der Waals surface area contributed by atoms with Crippen LogP contribution in [-0.4, -0.2) is 25.1 Å². The summed E-state index contributed by atoms with van der Waals surface area (Å²) >= 11 is 5.02. The van der Waals surface area contributed by atoms with E-state index in [-0.39, 0.29) is 5.91 Å². The molecule has 146 valence electrons. The highest BCUT2D eigenvalue weighted by Gasteiger charge is 2.14. The molecule has 1 amide bonds. The van der Waals surface area contributed by atoms with Crippen LogP contribution in [0.15, 0.2) is 65.1 Å². The second kappa shape index (κ2) is 8.23. The largest absolute Gasteiger partial charge is 0.496 e.